The molecule has 0 atom stereocenters. The molecule has 0 aliphatic carbocycles. The van der Waals surface area contributed by atoms with Gasteiger partial charge in [0.05, 0.1) is 5.69 Å². The van der Waals surface area contributed by atoms with Crippen LogP contribution in [0, 0.1) is 12.7 Å². The fraction of sp³-hybridized carbons (Fsp3) is 0.312. The van der Waals surface area contributed by atoms with Crippen molar-refractivity contribution in [2.75, 3.05) is 0 Å². The fourth-order valence-corrected chi connectivity index (χ4v) is 2.10. The van der Waals surface area contributed by atoms with Crippen LogP contribution < -0.4 is 5.32 Å². The van der Waals surface area contributed by atoms with Crippen LogP contribution in [0.2, 0.25) is 0 Å². The van der Waals surface area contributed by atoms with Crippen LogP contribution in [-0.4, -0.2) is 4.98 Å². The molecule has 100 valence electrons. The maximum absolute atomic E-state index is 13.2. The lowest BCUT2D eigenvalue weighted by atomic mass is 10.1. The lowest BCUT2D eigenvalue weighted by molar-refractivity contribution is 0.617. The topological polar surface area (TPSA) is 24.9 Å². The van der Waals surface area contributed by atoms with Crippen molar-refractivity contribution in [2.45, 2.75) is 33.4 Å². The molecule has 0 bridgehead atoms. The molecule has 0 aliphatic heterocycles. The Morgan fingerprint density at radius 1 is 1.16 bits per heavy atom. The largest absolute Gasteiger partial charge is 0.307 e. The Kier molecular flexibility index (Phi) is 4.63. The molecule has 0 aliphatic rings. The van der Waals surface area contributed by atoms with E-state index in [2.05, 4.69) is 23.3 Å². The number of nitrogens with one attached hydrogen (secondary N) is 1. The van der Waals surface area contributed by atoms with E-state index in [4.69, 9.17) is 0 Å². The van der Waals surface area contributed by atoms with Gasteiger partial charge in [0.25, 0.3) is 0 Å². The fourth-order valence-electron chi connectivity index (χ4n) is 2.10. The maximum atomic E-state index is 13.2. The van der Waals surface area contributed by atoms with Gasteiger partial charge in [-0.25, -0.2) is 4.39 Å². The zero-order valence-corrected chi connectivity index (χ0v) is 11.4. The third-order valence-corrected chi connectivity index (χ3v) is 3.28. The molecule has 1 N–H and O–H groups in total. The van der Waals surface area contributed by atoms with E-state index in [-0.39, 0.29) is 5.82 Å². The second-order valence-corrected chi connectivity index (χ2v) is 4.64. The minimum atomic E-state index is -0.186. The normalized spacial score (nSPS) is 10.7. The first-order valence-corrected chi connectivity index (χ1v) is 6.59. The minimum Gasteiger partial charge on any atom is -0.307 e. The zero-order valence-electron chi connectivity index (χ0n) is 11.4. The second kappa shape index (κ2) is 6.43. The molecule has 1 aromatic heterocycles. The molecule has 0 saturated carbocycles. The summed E-state index contributed by atoms with van der Waals surface area (Å²) in [6.45, 7) is 5.48. The highest BCUT2D eigenvalue weighted by Gasteiger charge is 2.03. The van der Waals surface area contributed by atoms with E-state index in [1.807, 2.05) is 25.3 Å². The van der Waals surface area contributed by atoms with E-state index in [9.17, 15) is 4.39 Å². The first-order valence-electron chi connectivity index (χ1n) is 6.59. The number of aryl methyl sites for hydroxylation is 2. The average molecular weight is 258 g/mol. The van der Waals surface area contributed by atoms with Crippen LogP contribution in [0.25, 0.3) is 0 Å². The third kappa shape index (κ3) is 3.61. The number of halogens is 1. The Balaban J connectivity index is 1.98. The van der Waals surface area contributed by atoms with Crippen LogP contribution in [0.3, 0.4) is 0 Å². The molecule has 0 saturated heterocycles. The van der Waals surface area contributed by atoms with Crippen LogP contribution in [0.1, 0.15) is 29.3 Å². The van der Waals surface area contributed by atoms with E-state index in [1.165, 1.54) is 11.6 Å². The Morgan fingerprint density at radius 2 is 2.00 bits per heavy atom. The predicted molar refractivity (Wildman–Crippen MR) is 75.3 cm³/mol. The number of hydrogen-bond acceptors (Lipinski definition) is 2. The quantitative estimate of drug-likeness (QED) is 0.889. The molecule has 0 fully saturated rings. The van der Waals surface area contributed by atoms with E-state index in [0.29, 0.717) is 13.1 Å². The Bertz CT molecular complexity index is 552. The van der Waals surface area contributed by atoms with Gasteiger partial charge in [-0.3, -0.25) is 4.98 Å². The summed E-state index contributed by atoms with van der Waals surface area (Å²) in [6.07, 6.45) is 2.79. The molecule has 1 heterocycles. The summed E-state index contributed by atoms with van der Waals surface area (Å²) in [5, 5.41) is 3.33. The molecule has 2 aromatic rings. The number of pyridine rings is 1. The predicted octanol–water partition coefficient (Wildman–Crippen LogP) is 3.38. The number of benzene rings is 1. The monoisotopic (exact) mass is 258 g/mol. The summed E-state index contributed by atoms with van der Waals surface area (Å²) >= 11 is 0. The Hall–Kier alpha value is -1.74. The summed E-state index contributed by atoms with van der Waals surface area (Å²) in [5.41, 5.74) is 4.42. The van der Waals surface area contributed by atoms with Crippen LogP contribution >= 0.6 is 0 Å². The molecule has 0 radical (unpaired) electrons. The van der Waals surface area contributed by atoms with Crippen LogP contribution in [0.4, 0.5) is 4.39 Å². The molecule has 3 heteroatoms. The maximum Gasteiger partial charge on any atom is 0.123 e. The standard InChI is InChI=1S/C16H19FN2/c1-3-13-5-4-8-19-16(13)11-18-10-14-9-15(17)7-6-12(14)2/h4-9,18H,3,10-11H2,1-2H3. The highest BCUT2D eigenvalue weighted by Crippen LogP contribution is 2.11. The van der Waals surface area contributed by atoms with Gasteiger partial charge in [0.2, 0.25) is 0 Å². The van der Waals surface area contributed by atoms with Crippen molar-refractivity contribution >= 4 is 0 Å². The van der Waals surface area contributed by atoms with Gasteiger partial charge in [-0.05, 0) is 48.2 Å². The molecular formula is C16H19FN2. The lowest BCUT2D eigenvalue weighted by Crippen LogP contribution is -2.16. The molecular weight excluding hydrogens is 239 g/mol. The summed E-state index contributed by atoms with van der Waals surface area (Å²) in [6, 6.07) is 8.94. The van der Waals surface area contributed by atoms with Crippen LogP contribution in [0.5, 0.6) is 0 Å². The summed E-state index contributed by atoms with van der Waals surface area (Å²) in [7, 11) is 0. The van der Waals surface area contributed by atoms with Gasteiger partial charge in [0, 0.05) is 19.3 Å². The van der Waals surface area contributed by atoms with Gasteiger partial charge in [-0.15, -0.1) is 0 Å². The lowest BCUT2D eigenvalue weighted by Gasteiger charge is -2.10. The van der Waals surface area contributed by atoms with E-state index < -0.39 is 0 Å². The number of nitrogens with zero attached hydrogens (tertiary/aromatic N) is 1. The molecule has 0 spiro atoms. The first kappa shape index (κ1) is 13.7. The van der Waals surface area contributed by atoms with Gasteiger partial charge < -0.3 is 5.32 Å². The van der Waals surface area contributed by atoms with Crippen LogP contribution in [-0.2, 0) is 19.5 Å². The smallest absolute Gasteiger partial charge is 0.123 e. The van der Waals surface area contributed by atoms with Crippen LogP contribution in [0.15, 0.2) is 36.5 Å². The molecule has 19 heavy (non-hydrogen) atoms. The average Bonchev–Trinajstić information content (AvgIpc) is 2.43. The van der Waals surface area contributed by atoms with E-state index in [1.54, 1.807) is 6.07 Å². The summed E-state index contributed by atoms with van der Waals surface area (Å²) in [5.74, 6) is -0.186. The third-order valence-electron chi connectivity index (χ3n) is 3.28. The summed E-state index contributed by atoms with van der Waals surface area (Å²) in [4.78, 5) is 4.38. The molecule has 1 aromatic carbocycles. The van der Waals surface area contributed by atoms with Gasteiger partial charge in [0.15, 0.2) is 0 Å². The molecule has 0 amide bonds. The van der Waals surface area contributed by atoms with E-state index >= 15 is 0 Å². The number of hydrogen-bond donors (Lipinski definition) is 1. The Morgan fingerprint density at radius 3 is 2.79 bits per heavy atom. The van der Waals surface area contributed by atoms with Gasteiger partial charge in [-0.2, -0.15) is 0 Å². The van der Waals surface area contributed by atoms with Crippen molar-refractivity contribution in [3.05, 3.63) is 64.7 Å². The van der Waals surface area contributed by atoms with Crippen molar-refractivity contribution in [1.29, 1.82) is 0 Å². The van der Waals surface area contributed by atoms with Crippen molar-refractivity contribution in [1.82, 2.24) is 10.3 Å². The highest BCUT2D eigenvalue weighted by atomic mass is 19.1. The molecule has 0 unspecified atom stereocenters. The van der Waals surface area contributed by atoms with Crippen molar-refractivity contribution in [3.8, 4) is 0 Å². The summed E-state index contributed by atoms with van der Waals surface area (Å²) < 4.78 is 13.2. The van der Waals surface area contributed by atoms with Crippen molar-refractivity contribution in [3.63, 3.8) is 0 Å². The second-order valence-electron chi connectivity index (χ2n) is 4.64. The number of aromatic nitrogens is 1. The Labute approximate surface area is 113 Å². The van der Waals surface area contributed by atoms with Crippen molar-refractivity contribution < 1.29 is 4.39 Å². The van der Waals surface area contributed by atoms with Gasteiger partial charge >= 0.3 is 0 Å². The van der Waals surface area contributed by atoms with Gasteiger partial charge in [0.1, 0.15) is 5.82 Å². The molecule has 2 nitrogen and oxygen atoms in total. The number of rotatable bonds is 5. The highest BCUT2D eigenvalue weighted by molar-refractivity contribution is 5.26. The zero-order chi connectivity index (χ0) is 13.7. The SMILES string of the molecule is CCc1cccnc1CNCc1cc(F)ccc1C. The molecule has 2 rings (SSSR count). The first-order chi connectivity index (χ1) is 9.20. The minimum absolute atomic E-state index is 0.186. The van der Waals surface area contributed by atoms with Gasteiger partial charge in [-0.1, -0.05) is 19.1 Å². The van der Waals surface area contributed by atoms with Crippen molar-refractivity contribution in [2.24, 2.45) is 0 Å². The van der Waals surface area contributed by atoms with E-state index in [0.717, 1.165) is 23.2 Å².